The van der Waals surface area contributed by atoms with Crippen molar-refractivity contribution in [3.63, 3.8) is 0 Å². The van der Waals surface area contributed by atoms with Gasteiger partial charge in [0, 0.05) is 35.3 Å². The van der Waals surface area contributed by atoms with Gasteiger partial charge in [0.15, 0.2) is 0 Å². The average molecular weight is 430 g/mol. The number of amides is 1. The molecule has 2 heterocycles. The predicted octanol–water partition coefficient (Wildman–Crippen LogP) is 2.79. The Morgan fingerprint density at radius 2 is 1.84 bits per heavy atom. The van der Waals surface area contributed by atoms with Crippen molar-refractivity contribution in [2.75, 3.05) is 13.2 Å². The van der Waals surface area contributed by atoms with E-state index in [4.69, 9.17) is 4.74 Å². The Bertz CT molecular complexity index is 1320. The van der Waals surface area contributed by atoms with Crippen molar-refractivity contribution in [2.45, 2.75) is 13.5 Å². The number of aromatic amines is 1. The van der Waals surface area contributed by atoms with E-state index in [1.807, 2.05) is 43.3 Å². The van der Waals surface area contributed by atoms with Crippen LogP contribution in [0.15, 0.2) is 71.7 Å². The van der Waals surface area contributed by atoms with Crippen molar-refractivity contribution in [1.82, 2.24) is 20.1 Å². The van der Waals surface area contributed by atoms with Crippen LogP contribution in [0.2, 0.25) is 0 Å². The number of benzene rings is 2. The second-order valence-corrected chi connectivity index (χ2v) is 7.07. The second kappa shape index (κ2) is 9.30. The topological polar surface area (TPSA) is 106 Å². The lowest BCUT2D eigenvalue weighted by atomic mass is 10.1. The van der Waals surface area contributed by atoms with Gasteiger partial charge in [-0.3, -0.25) is 14.4 Å². The van der Waals surface area contributed by atoms with Gasteiger partial charge in [0.25, 0.3) is 17.2 Å². The lowest BCUT2D eigenvalue weighted by molar-refractivity contribution is -0.117. The van der Waals surface area contributed by atoms with Crippen LogP contribution < -0.4 is 15.6 Å². The molecule has 32 heavy (non-hydrogen) atoms. The molecule has 8 nitrogen and oxygen atoms in total. The van der Waals surface area contributed by atoms with Crippen LogP contribution in [0, 0.1) is 0 Å². The number of hydrogen-bond donors (Lipinski definition) is 2. The van der Waals surface area contributed by atoms with E-state index in [1.165, 1.54) is 16.9 Å². The fourth-order valence-electron chi connectivity index (χ4n) is 3.39. The molecule has 0 aliphatic rings. The quantitative estimate of drug-likeness (QED) is 0.330. The smallest absolute Gasteiger partial charge is 0.292 e. The van der Waals surface area contributed by atoms with Crippen molar-refractivity contribution in [3.8, 4) is 17.0 Å². The van der Waals surface area contributed by atoms with Crippen molar-refractivity contribution in [3.05, 3.63) is 82.8 Å². The minimum atomic E-state index is -0.731. The van der Waals surface area contributed by atoms with Gasteiger partial charge in [0.1, 0.15) is 5.75 Å². The molecule has 0 aliphatic carbocycles. The lowest BCUT2D eigenvalue weighted by Gasteiger charge is -2.09. The predicted molar refractivity (Wildman–Crippen MR) is 121 cm³/mol. The molecule has 2 aromatic heterocycles. The summed E-state index contributed by atoms with van der Waals surface area (Å²) >= 11 is 0. The normalized spacial score (nSPS) is 10.8. The summed E-state index contributed by atoms with van der Waals surface area (Å²) in [5.41, 5.74) is 2.25. The highest BCUT2D eigenvalue weighted by atomic mass is 16.5. The zero-order chi connectivity index (χ0) is 22.5. The lowest BCUT2D eigenvalue weighted by Crippen LogP contribution is -2.35. The largest absolute Gasteiger partial charge is 0.494 e. The highest BCUT2D eigenvalue weighted by molar-refractivity contribution is 6.44. The number of fused-ring (bicyclic) bond motifs is 1. The molecule has 0 atom stereocenters. The van der Waals surface area contributed by atoms with Crippen LogP contribution in [0.3, 0.4) is 0 Å². The van der Waals surface area contributed by atoms with Crippen molar-refractivity contribution in [2.24, 2.45) is 0 Å². The Labute approximate surface area is 183 Å². The maximum Gasteiger partial charge on any atom is 0.292 e. The van der Waals surface area contributed by atoms with E-state index in [2.05, 4.69) is 15.4 Å². The van der Waals surface area contributed by atoms with Crippen LogP contribution in [-0.4, -0.2) is 39.6 Å². The monoisotopic (exact) mass is 430 g/mol. The molecule has 4 rings (SSSR count). The third-order valence-electron chi connectivity index (χ3n) is 4.98. The summed E-state index contributed by atoms with van der Waals surface area (Å²) in [6.07, 6.45) is 1.53. The Balaban J connectivity index is 1.41. The molecular formula is C24H22N4O4. The Morgan fingerprint density at radius 1 is 1.06 bits per heavy atom. The SMILES string of the molecule is CCOc1ccc(-c2ccc(=O)n(CCNC(=O)C(=O)c3c[nH]c4ccccc34)n2)cc1. The summed E-state index contributed by atoms with van der Waals surface area (Å²) in [6.45, 7) is 2.72. The number of Topliss-reactive ketones (excluding diaryl/α,β-unsaturated/α-hetero) is 1. The molecule has 4 aromatic rings. The van der Waals surface area contributed by atoms with Gasteiger partial charge in [0.05, 0.1) is 24.4 Å². The zero-order valence-corrected chi connectivity index (χ0v) is 17.5. The molecule has 2 aromatic carbocycles. The minimum Gasteiger partial charge on any atom is -0.494 e. The number of aromatic nitrogens is 3. The van der Waals surface area contributed by atoms with Crippen LogP contribution in [0.5, 0.6) is 5.75 Å². The van der Waals surface area contributed by atoms with Gasteiger partial charge < -0.3 is 15.0 Å². The number of ketones is 1. The van der Waals surface area contributed by atoms with Crippen LogP contribution in [0.25, 0.3) is 22.2 Å². The molecule has 0 aliphatic heterocycles. The molecule has 0 fully saturated rings. The van der Waals surface area contributed by atoms with Gasteiger partial charge in [-0.15, -0.1) is 0 Å². The molecule has 0 unspecified atom stereocenters. The number of para-hydroxylation sites is 1. The van der Waals surface area contributed by atoms with E-state index >= 15 is 0 Å². The average Bonchev–Trinajstić information content (AvgIpc) is 3.24. The molecule has 0 radical (unpaired) electrons. The third kappa shape index (κ3) is 4.44. The zero-order valence-electron chi connectivity index (χ0n) is 17.5. The molecule has 0 saturated carbocycles. The maximum atomic E-state index is 12.5. The third-order valence-corrected chi connectivity index (χ3v) is 4.98. The van der Waals surface area contributed by atoms with Crippen molar-refractivity contribution >= 4 is 22.6 Å². The van der Waals surface area contributed by atoms with Crippen molar-refractivity contribution in [1.29, 1.82) is 0 Å². The first-order valence-corrected chi connectivity index (χ1v) is 10.3. The number of ether oxygens (including phenoxy) is 1. The highest BCUT2D eigenvalue weighted by Crippen LogP contribution is 2.20. The molecule has 162 valence electrons. The van der Waals surface area contributed by atoms with Gasteiger partial charge in [0.2, 0.25) is 0 Å². The summed E-state index contributed by atoms with van der Waals surface area (Å²) in [5, 5.41) is 7.63. The summed E-state index contributed by atoms with van der Waals surface area (Å²) < 4.78 is 6.71. The first-order valence-electron chi connectivity index (χ1n) is 10.3. The van der Waals surface area contributed by atoms with Crippen LogP contribution in [0.1, 0.15) is 17.3 Å². The Morgan fingerprint density at radius 3 is 2.62 bits per heavy atom. The number of nitrogens with one attached hydrogen (secondary N) is 2. The van der Waals surface area contributed by atoms with Gasteiger partial charge in [-0.1, -0.05) is 18.2 Å². The fraction of sp³-hybridized carbons (Fsp3) is 0.167. The van der Waals surface area contributed by atoms with Crippen LogP contribution >= 0.6 is 0 Å². The number of carbonyl (C=O) groups is 2. The number of carbonyl (C=O) groups excluding carboxylic acids is 2. The van der Waals surface area contributed by atoms with Crippen LogP contribution in [0.4, 0.5) is 0 Å². The van der Waals surface area contributed by atoms with Gasteiger partial charge >= 0.3 is 0 Å². The first kappa shape index (κ1) is 21.0. The summed E-state index contributed by atoms with van der Waals surface area (Å²) in [5.74, 6) is -0.608. The molecule has 2 N–H and O–H groups in total. The molecule has 0 spiro atoms. The van der Waals surface area contributed by atoms with Gasteiger partial charge in [-0.25, -0.2) is 4.68 Å². The first-order chi connectivity index (χ1) is 15.6. The summed E-state index contributed by atoms with van der Waals surface area (Å²) in [4.78, 5) is 40.0. The van der Waals surface area contributed by atoms with Gasteiger partial charge in [-0.05, 0) is 43.3 Å². The number of hydrogen-bond acceptors (Lipinski definition) is 5. The van der Waals surface area contributed by atoms with E-state index < -0.39 is 11.7 Å². The standard InChI is InChI=1S/C24H22N4O4/c1-2-32-17-9-7-16(8-10-17)20-11-12-22(29)28(27-20)14-13-25-24(31)23(30)19-15-26-21-6-4-3-5-18(19)21/h3-12,15,26H,2,13-14H2,1H3,(H,25,31). The highest BCUT2D eigenvalue weighted by Gasteiger charge is 2.19. The molecule has 8 heteroatoms. The van der Waals surface area contributed by atoms with E-state index in [0.29, 0.717) is 23.3 Å². The molecule has 1 amide bonds. The van der Waals surface area contributed by atoms with E-state index in [9.17, 15) is 14.4 Å². The summed E-state index contributed by atoms with van der Waals surface area (Å²) in [7, 11) is 0. The van der Waals surface area contributed by atoms with Crippen LogP contribution in [-0.2, 0) is 11.3 Å². The summed E-state index contributed by atoms with van der Waals surface area (Å²) in [6, 6.07) is 17.7. The number of H-pyrrole nitrogens is 1. The second-order valence-electron chi connectivity index (χ2n) is 7.07. The minimum absolute atomic E-state index is 0.0898. The van der Waals surface area contributed by atoms with E-state index in [0.717, 1.165) is 16.8 Å². The molecule has 0 bridgehead atoms. The Kier molecular flexibility index (Phi) is 6.12. The maximum absolute atomic E-state index is 12.5. The molecule has 0 saturated heterocycles. The number of rotatable bonds is 8. The van der Waals surface area contributed by atoms with E-state index in [1.54, 1.807) is 18.2 Å². The van der Waals surface area contributed by atoms with Crippen molar-refractivity contribution < 1.29 is 14.3 Å². The fourth-order valence-corrected chi connectivity index (χ4v) is 3.39. The number of nitrogens with zero attached hydrogens (tertiary/aromatic N) is 2. The Hall–Kier alpha value is -4.20. The van der Waals surface area contributed by atoms with Gasteiger partial charge in [-0.2, -0.15) is 5.10 Å². The molecular weight excluding hydrogens is 408 g/mol. The van der Waals surface area contributed by atoms with E-state index in [-0.39, 0.29) is 18.6 Å².